The van der Waals surface area contributed by atoms with Crippen molar-refractivity contribution in [3.8, 4) is 0 Å². The second-order valence-electron chi connectivity index (χ2n) is 6.17. The third-order valence-electron chi connectivity index (χ3n) is 4.70. The Morgan fingerprint density at radius 3 is 2.24 bits per heavy atom. The van der Waals surface area contributed by atoms with Crippen molar-refractivity contribution in [3.63, 3.8) is 0 Å². The van der Waals surface area contributed by atoms with Crippen LogP contribution in [0.3, 0.4) is 0 Å². The quantitative estimate of drug-likeness (QED) is 0.905. The Hall–Kier alpha value is -2.09. The van der Waals surface area contributed by atoms with E-state index in [2.05, 4.69) is 41.7 Å². The molecule has 0 aromatic heterocycles. The SMILES string of the molecule is O=C1CC(c2ccccc2C2CC2)C(c2ccccc2)N1. The minimum Gasteiger partial charge on any atom is -0.349 e. The fraction of sp³-hybridized carbons (Fsp3) is 0.316. The van der Waals surface area contributed by atoms with Gasteiger partial charge >= 0.3 is 0 Å². The third-order valence-corrected chi connectivity index (χ3v) is 4.70. The van der Waals surface area contributed by atoms with Gasteiger partial charge in [0, 0.05) is 12.3 Å². The summed E-state index contributed by atoms with van der Waals surface area (Å²) in [7, 11) is 0. The zero-order chi connectivity index (χ0) is 14.2. The molecule has 1 heterocycles. The van der Waals surface area contributed by atoms with Crippen molar-refractivity contribution in [2.75, 3.05) is 0 Å². The normalized spacial score (nSPS) is 24.9. The summed E-state index contributed by atoms with van der Waals surface area (Å²) in [5.74, 6) is 1.14. The van der Waals surface area contributed by atoms with E-state index in [1.54, 1.807) is 0 Å². The van der Waals surface area contributed by atoms with Gasteiger partial charge in [0.2, 0.25) is 5.91 Å². The van der Waals surface area contributed by atoms with E-state index in [1.807, 2.05) is 18.2 Å². The topological polar surface area (TPSA) is 29.1 Å². The molecule has 1 aliphatic carbocycles. The van der Waals surface area contributed by atoms with Gasteiger partial charge in [-0.05, 0) is 35.4 Å². The fourth-order valence-electron chi connectivity index (χ4n) is 3.53. The van der Waals surface area contributed by atoms with Crippen molar-refractivity contribution in [2.45, 2.75) is 37.1 Å². The van der Waals surface area contributed by atoms with Crippen LogP contribution in [0.1, 0.15) is 53.8 Å². The van der Waals surface area contributed by atoms with Crippen molar-refractivity contribution >= 4 is 5.91 Å². The van der Waals surface area contributed by atoms with Crippen LogP contribution in [0.15, 0.2) is 54.6 Å². The first kappa shape index (κ1) is 12.6. The molecule has 106 valence electrons. The maximum atomic E-state index is 12.0. The molecule has 1 amide bonds. The minimum atomic E-state index is 0.110. The number of rotatable bonds is 3. The Morgan fingerprint density at radius 2 is 1.52 bits per heavy atom. The Kier molecular flexibility index (Phi) is 3.03. The third kappa shape index (κ3) is 2.35. The molecule has 2 aromatic carbocycles. The number of hydrogen-bond acceptors (Lipinski definition) is 1. The molecule has 2 nitrogen and oxygen atoms in total. The molecule has 2 aliphatic rings. The number of carbonyl (C=O) groups is 1. The summed E-state index contributed by atoms with van der Waals surface area (Å²) >= 11 is 0. The zero-order valence-electron chi connectivity index (χ0n) is 12.0. The molecule has 21 heavy (non-hydrogen) atoms. The van der Waals surface area contributed by atoms with E-state index < -0.39 is 0 Å². The van der Waals surface area contributed by atoms with Gasteiger partial charge in [-0.2, -0.15) is 0 Å². The van der Waals surface area contributed by atoms with E-state index in [-0.39, 0.29) is 17.9 Å². The van der Waals surface area contributed by atoms with Crippen molar-refractivity contribution < 1.29 is 4.79 Å². The van der Waals surface area contributed by atoms with Crippen molar-refractivity contribution in [1.29, 1.82) is 0 Å². The van der Waals surface area contributed by atoms with Gasteiger partial charge < -0.3 is 5.32 Å². The van der Waals surface area contributed by atoms with Gasteiger partial charge in [0.25, 0.3) is 0 Å². The molecular formula is C19H19NO. The lowest BCUT2D eigenvalue weighted by atomic mass is 9.84. The Labute approximate surface area is 125 Å². The van der Waals surface area contributed by atoms with Crippen molar-refractivity contribution in [1.82, 2.24) is 5.32 Å². The summed E-state index contributed by atoms with van der Waals surface area (Å²) in [5.41, 5.74) is 4.03. The maximum absolute atomic E-state index is 12.0. The van der Waals surface area contributed by atoms with E-state index in [4.69, 9.17) is 0 Å². The summed E-state index contributed by atoms with van der Waals surface area (Å²) < 4.78 is 0. The van der Waals surface area contributed by atoms with Crippen LogP contribution in [0.5, 0.6) is 0 Å². The largest absolute Gasteiger partial charge is 0.349 e. The van der Waals surface area contributed by atoms with Crippen LogP contribution in [-0.2, 0) is 4.79 Å². The van der Waals surface area contributed by atoms with E-state index in [1.165, 1.54) is 29.5 Å². The van der Waals surface area contributed by atoms with Crippen LogP contribution in [0.2, 0.25) is 0 Å². The average molecular weight is 277 g/mol. The lowest BCUT2D eigenvalue weighted by Crippen LogP contribution is -2.20. The van der Waals surface area contributed by atoms with Gasteiger partial charge in [0.1, 0.15) is 0 Å². The van der Waals surface area contributed by atoms with Crippen LogP contribution in [0.25, 0.3) is 0 Å². The second kappa shape index (κ2) is 5.03. The monoisotopic (exact) mass is 277 g/mol. The van der Waals surface area contributed by atoms with E-state index >= 15 is 0 Å². The molecule has 0 spiro atoms. The van der Waals surface area contributed by atoms with Crippen LogP contribution in [-0.4, -0.2) is 5.91 Å². The number of hydrogen-bond donors (Lipinski definition) is 1. The minimum absolute atomic E-state index is 0.110. The smallest absolute Gasteiger partial charge is 0.221 e. The van der Waals surface area contributed by atoms with E-state index in [0.717, 1.165) is 0 Å². The summed E-state index contributed by atoms with van der Waals surface area (Å²) in [5, 5.41) is 3.17. The van der Waals surface area contributed by atoms with Gasteiger partial charge in [-0.25, -0.2) is 0 Å². The second-order valence-corrected chi connectivity index (χ2v) is 6.17. The van der Waals surface area contributed by atoms with E-state index in [0.29, 0.717) is 12.3 Å². The lowest BCUT2D eigenvalue weighted by Gasteiger charge is -2.22. The molecule has 2 atom stereocenters. The molecule has 0 bridgehead atoms. The number of benzene rings is 2. The van der Waals surface area contributed by atoms with Gasteiger partial charge in [-0.3, -0.25) is 4.79 Å². The Balaban J connectivity index is 1.74. The maximum Gasteiger partial charge on any atom is 0.221 e. The molecule has 1 saturated heterocycles. The molecule has 2 fully saturated rings. The predicted molar refractivity (Wildman–Crippen MR) is 83.1 cm³/mol. The molecule has 4 rings (SSSR count). The van der Waals surface area contributed by atoms with Gasteiger partial charge in [-0.15, -0.1) is 0 Å². The standard InChI is InChI=1S/C19H19NO/c21-18-12-17(19(20-18)14-6-2-1-3-7-14)16-9-5-4-8-15(16)13-10-11-13/h1-9,13,17,19H,10-12H2,(H,20,21). The summed E-state index contributed by atoms with van der Waals surface area (Å²) in [6, 6.07) is 19.1. The molecule has 1 N–H and O–H groups in total. The van der Waals surface area contributed by atoms with Gasteiger partial charge in [-0.1, -0.05) is 54.6 Å². The first-order valence-corrected chi connectivity index (χ1v) is 7.76. The molecular weight excluding hydrogens is 258 g/mol. The molecule has 2 aromatic rings. The molecule has 0 radical (unpaired) electrons. The zero-order valence-corrected chi connectivity index (χ0v) is 12.0. The van der Waals surface area contributed by atoms with Gasteiger partial charge in [0.15, 0.2) is 0 Å². The highest BCUT2D eigenvalue weighted by atomic mass is 16.2. The van der Waals surface area contributed by atoms with Gasteiger partial charge in [0.05, 0.1) is 6.04 Å². The lowest BCUT2D eigenvalue weighted by molar-refractivity contribution is -0.119. The molecule has 1 saturated carbocycles. The highest BCUT2D eigenvalue weighted by molar-refractivity contribution is 5.80. The first-order valence-electron chi connectivity index (χ1n) is 7.76. The Bertz CT molecular complexity index is 660. The predicted octanol–water partition coefficient (Wildman–Crippen LogP) is 3.91. The molecule has 2 heteroatoms. The molecule has 1 aliphatic heterocycles. The van der Waals surface area contributed by atoms with Crippen LogP contribution in [0.4, 0.5) is 0 Å². The highest BCUT2D eigenvalue weighted by Crippen LogP contribution is 2.47. The van der Waals surface area contributed by atoms with Crippen molar-refractivity contribution in [2.24, 2.45) is 0 Å². The fourth-order valence-corrected chi connectivity index (χ4v) is 3.53. The average Bonchev–Trinajstić information content (AvgIpc) is 3.30. The summed E-state index contributed by atoms with van der Waals surface area (Å²) in [4.78, 5) is 12.0. The molecule has 2 unspecified atom stereocenters. The highest BCUT2D eigenvalue weighted by Gasteiger charge is 2.37. The number of carbonyl (C=O) groups excluding carboxylic acids is 1. The number of amides is 1. The Morgan fingerprint density at radius 1 is 0.857 bits per heavy atom. The van der Waals surface area contributed by atoms with Crippen LogP contribution < -0.4 is 5.32 Å². The summed E-state index contributed by atoms with van der Waals surface area (Å²) in [6.45, 7) is 0. The summed E-state index contributed by atoms with van der Waals surface area (Å²) in [6.07, 6.45) is 3.19. The van der Waals surface area contributed by atoms with Crippen LogP contribution >= 0.6 is 0 Å². The number of nitrogens with one attached hydrogen (secondary N) is 1. The van der Waals surface area contributed by atoms with E-state index in [9.17, 15) is 4.79 Å². The first-order chi connectivity index (χ1) is 10.3. The van der Waals surface area contributed by atoms with Crippen LogP contribution in [0, 0.1) is 0 Å². The van der Waals surface area contributed by atoms with Crippen molar-refractivity contribution in [3.05, 3.63) is 71.3 Å².